The van der Waals surface area contributed by atoms with Crippen LogP contribution in [-0.4, -0.2) is 47.1 Å². The summed E-state index contributed by atoms with van der Waals surface area (Å²) >= 11 is 0. The largest absolute Gasteiger partial charge is 0.423 e. The summed E-state index contributed by atoms with van der Waals surface area (Å²) < 4.78 is 5.84. The summed E-state index contributed by atoms with van der Waals surface area (Å²) in [6.07, 6.45) is 1.76. The Hall–Kier alpha value is -3.09. The maximum atomic E-state index is 12.8. The van der Waals surface area contributed by atoms with Gasteiger partial charge in [-0.25, -0.2) is 4.79 Å². The molecule has 28 heavy (non-hydrogen) atoms. The van der Waals surface area contributed by atoms with Crippen LogP contribution in [0.5, 0.6) is 0 Å². The number of urea groups is 1. The van der Waals surface area contributed by atoms with Gasteiger partial charge in [-0.15, -0.1) is 0 Å². The number of hydrogen-bond acceptors (Lipinski definition) is 5. The molecule has 3 heterocycles. The van der Waals surface area contributed by atoms with Crippen molar-refractivity contribution in [2.45, 2.75) is 19.9 Å². The number of carbonyl (C=O) groups excluding carboxylic acids is 1. The van der Waals surface area contributed by atoms with E-state index in [1.807, 2.05) is 47.4 Å². The van der Waals surface area contributed by atoms with Crippen LogP contribution in [0, 0.1) is 5.92 Å². The standard InChI is InChI=1S/C21H25N5O2/c1-15(2)19(17-8-5-6-10-22-17)24-20(27)25-11-13-26(14-12-25)21-23-16-7-3-4-9-18(16)28-21/h3-10,15,19H,11-14H2,1-2H3,(H,24,27)/t19-/m0/s1. The maximum Gasteiger partial charge on any atom is 0.318 e. The highest BCUT2D eigenvalue weighted by Crippen LogP contribution is 2.23. The van der Waals surface area contributed by atoms with Crippen molar-refractivity contribution in [3.63, 3.8) is 0 Å². The van der Waals surface area contributed by atoms with Gasteiger partial charge in [0.15, 0.2) is 5.58 Å². The third-order valence-corrected chi connectivity index (χ3v) is 5.07. The Bertz CT molecular complexity index is 899. The maximum absolute atomic E-state index is 12.8. The summed E-state index contributed by atoms with van der Waals surface area (Å²) in [5.41, 5.74) is 2.52. The predicted molar refractivity (Wildman–Crippen MR) is 108 cm³/mol. The van der Waals surface area contributed by atoms with Crippen LogP contribution in [0.25, 0.3) is 11.1 Å². The Morgan fingerprint density at radius 3 is 2.50 bits per heavy atom. The summed E-state index contributed by atoms with van der Waals surface area (Å²) in [4.78, 5) is 25.7. The zero-order chi connectivity index (χ0) is 19.5. The summed E-state index contributed by atoms with van der Waals surface area (Å²) in [5.74, 6) is 0.250. The van der Waals surface area contributed by atoms with E-state index in [9.17, 15) is 4.79 Å². The average molecular weight is 379 g/mol. The van der Waals surface area contributed by atoms with Crippen LogP contribution in [0.2, 0.25) is 0 Å². The second kappa shape index (κ2) is 7.88. The molecule has 0 radical (unpaired) electrons. The van der Waals surface area contributed by atoms with Crippen LogP contribution in [0.3, 0.4) is 0 Å². The zero-order valence-corrected chi connectivity index (χ0v) is 16.2. The van der Waals surface area contributed by atoms with Gasteiger partial charge in [-0.2, -0.15) is 4.98 Å². The number of nitrogens with zero attached hydrogens (tertiary/aromatic N) is 4. The van der Waals surface area contributed by atoms with Crippen LogP contribution in [-0.2, 0) is 0 Å². The van der Waals surface area contributed by atoms with Crippen LogP contribution < -0.4 is 10.2 Å². The van der Waals surface area contributed by atoms with E-state index in [-0.39, 0.29) is 18.0 Å². The van der Waals surface area contributed by atoms with Gasteiger partial charge in [-0.3, -0.25) is 4.98 Å². The van der Waals surface area contributed by atoms with Crippen molar-refractivity contribution < 1.29 is 9.21 Å². The van der Waals surface area contributed by atoms with Gasteiger partial charge in [0.25, 0.3) is 6.01 Å². The number of para-hydroxylation sites is 2. The first-order chi connectivity index (χ1) is 13.6. The molecule has 2 amide bonds. The van der Waals surface area contributed by atoms with Crippen molar-refractivity contribution in [1.29, 1.82) is 0 Å². The molecule has 0 aliphatic carbocycles. The van der Waals surface area contributed by atoms with E-state index in [1.165, 1.54) is 0 Å². The summed E-state index contributed by atoms with van der Waals surface area (Å²) in [7, 11) is 0. The normalized spacial score (nSPS) is 15.8. The van der Waals surface area contributed by atoms with E-state index in [0.29, 0.717) is 32.2 Å². The van der Waals surface area contributed by atoms with Gasteiger partial charge in [0, 0.05) is 32.4 Å². The first kappa shape index (κ1) is 18.3. The number of benzene rings is 1. The molecule has 0 bridgehead atoms. The molecule has 3 aromatic rings. The monoisotopic (exact) mass is 379 g/mol. The molecule has 1 fully saturated rings. The molecular weight excluding hydrogens is 354 g/mol. The highest BCUT2D eigenvalue weighted by atomic mass is 16.4. The summed E-state index contributed by atoms with van der Waals surface area (Å²) in [6.45, 7) is 6.80. The fraction of sp³-hybridized carbons (Fsp3) is 0.381. The number of piperazine rings is 1. The van der Waals surface area contributed by atoms with Crippen LogP contribution in [0.1, 0.15) is 25.6 Å². The van der Waals surface area contributed by atoms with Crippen LogP contribution in [0.15, 0.2) is 53.1 Å². The van der Waals surface area contributed by atoms with Crippen molar-refractivity contribution in [3.05, 3.63) is 54.4 Å². The third-order valence-electron chi connectivity index (χ3n) is 5.07. The number of aromatic nitrogens is 2. The molecule has 1 saturated heterocycles. The Balaban J connectivity index is 1.38. The first-order valence-electron chi connectivity index (χ1n) is 9.68. The minimum absolute atomic E-state index is 0.0541. The van der Waals surface area contributed by atoms with Crippen LogP contribution in [0.4, 0.5) is 10.8 Å². The molecule has 0 spiro atoms. The number of anilines is 1. The van der Waals surface area contributed by atoms with Gasteiger partial charge in [-0.1, -0.05) is 32.0 Å². The van der Waals surface area contributed by atoms with Crippen molar-refractivity contribution in [3.8, 4) is 0 Å². The number of carbonyl (C=O) groups is 1. The smallest absolute Gasteiger partial charge is 0.318 e. The highest BCUT2D eigenvalue weighted by Gasteiger charge is 2.27. The molecule has 1 aromatic carbocycles. The van der Waals surface area contributed by atoms with E-state index in [1.54, 1.807) is 6.20 Å². The van der Waals surface area contributed by atoms with E-state index in [0.717, 1.165) is 16.8 Å². The Morgan fingerprint density at radius 2 is 1.82 bits per heavy atom. The lowest BCUT2D eigenvalue weighted by Gasteiger charge is -2.35. The predicted octanol–water partition coefficient (Wildman–Crippen LogP) is 3.45. The SMILES string of the molecule is CC(C)[C@H](NC(=O)N1CCN(c2nc3ccccc3o2)CC1)c1ccccn1. The second-order valence-electron chi connectivity index (χ2n) is 7.36. The summed E-state index contributed by atoms with van der Waals surface area (Å²) in [5, 5.41) is 3.15. The first-order valence-corrected chi connectivity index (χ1v) is 9.68. The van der Waals surface area contributed by atoms with Gasteiger partial charge in [0.1, 0.15) is 5.52 Å². The molecule has 7 heteroatoms. The number of hydrogen-bond donors (Lipinski definition) is 1. The molecule has 7 nitrogen and oxygen atoms in total. The van der Waals surface area contributed by atoms with Crippen molar-refractivity contribution >= 4 is 23.1 Å². The van der Waals surface area contributed by atoms with Gasteiger partial charge >= 0.3 is 6.03 Å². The number of amides is 2. The fourth-order valence-electron chi connectivity index (χ4n) is 3.46. The molecule has 1 aliphatic heterocycles. The number of nitrogens with one attached hydrogen (secondary N) is 1. The van der Waals surface area contributed by atoms with Gasteiger partial charge < -0.3 is 19.5 Å². The molecule has 146 valence electrons. The van der Waals surface area contributed by atoms with Gasteiger partial charge in [0.2, 0.25) is 0 Å². The van der Waals surface area contributed by atoms with Crippen molar-refractivity contribution in [2.24, 2.45) is 5.92 Å². The quantitative estimate of drug-likeness (QED) is 0.751. The van der Waals surface area contributed by atoms with Gasteiger partial charge in [0.05, 0.1) is 11.7 Å². The van der Waals surface area contributed by atoms with Crippen molar-refractivity contribution in [2.75, 3.05) is 31.1 Å². The number of fused-ring (bicyclic) bond motifs is 1. The van der Waals surface area contributed by atoms with E-state index in [2.05, 4.69) is 34.0 Å². The van der Waals surface area contributed by atoms with Crippen LogP contribution >= 0.6 is 0 Å². The summed E-state index contributed by atoms with van der Waals surface area (Å²) in [6, 6.07) is 14.0. The molecule has 1 aliphatic rings. The number of oxazole rings is 1. The lowest BCUT2D eigenvalue weighted by molar-refractivity contribution is 0.185. The molecule has 2 aromatic heterocycles. The lowest BCUT2D eigenvalue weighted by Crippen LogP contribution is -2.52. The number of pyridine rings is 1. The Kier molecular flexibility index (Phi) is 5.14. The van der Waals surface area contributed by atoms with Crippen molar-refractivity contribution in [1.82, 2.24) is 20.2 Å². The van der Waals surface area contributed by atoms with E-state index < -0.39 is 0 Å². The minimum Gasteiger partial charge on any atom is -0.423 e. The highest BCUT2D eigenvalue weighted by molar-refractivity contribution is 5.76. The topological polar surface area (TPSA) is 74.5 Å². The Morgan fingerprint density at radius 1 is 1.07 bits per heavy atom. The number of rotatable bonds is 4. The zero-order valence-electron chi connectivity index (χ0n) is 16.2. The molecule has 0 saturated carbocycles. The molecule has 4 rings (SSSR count). The second-order valence-corrected chi connectivity index (χ2v) is 7.36. The molecule has 0 unspecified atom stereocenters. The Labute approximate surface area is 164 Å². The molecular formula is C21H25N5O2. The van der Waals surface area contributed by atoms with Gasteiger partial charge in [-0.05, 0) is 30.2 Å². The lowest BCUT2D eigenvalue weighted by atomic mass is 10.0. The fourth-order valence-corrected chi connectivity index (χ4v) is 3.46. The molecule has 1 N–H and O–H groups in total. The average Bonchev–Trinajstić information content (AvgIpc) is 3.16. The molecule has 1 atom stereocenters. The van der Waals surface area contributed by atoms with E-state index in [4.69, 9.17) is 4.42 Å². The van der Waals surface area contributed by atoms with E-state index >= 15 is 0 Å². The third kappa shape index (κ3) is 3.78. The minimum atomic E-state index is -0.108.